The van der Waals surface area contributed by atoms with E-state index in [9.17, 15) is 14.9 Å². The Balaban J connectivity index is 2.07. The van der Waals surface area contributed by atoms with E-state index in [4.69, 9.17) is 11.6 Å². The van der Waals surface area contributed by atoms with Crippen molar-refractivity contribution in [3.63, 3.8) is 0 Å². The zero-order valence-electron chi connectivity index (χ0n) is 10.3. The summed E-state index contributed by atoms with van der Waals surface area (Å²) < 4.78 is 0. The number of nitrogens with zero attached hydrogens (tertiary/aromatic N) is 1. The van der Waals surface area contributed by atoms with E-state index < -0.39 is 4.92 Å². The van der Waals surface area contributed by atoms with Gasteiger partial charge < -0.3 is 5.32 Å². The van der Waals surface area contributed by atoms with Crippen molar-refractivity contribution in [3.05, 3.63) is 39.9 Å². The lowest BCUT2D eigenvalue weighted by molar-refractivity contribution is -0.384. The monoisotopic (exact) mass is 282 g/mol. The number of alkyl halides is 1. The molecule has 0 bridgehead atoms. The van der Waals surface area contributed by atoms with Gasteiger partial charge in [0.15, 0.2) is 0 Å². The molecule has 0 spiro atoms. The summed E-state index contributed by atoms with van der Waals surface area (Å²) in [6.45, 7) is 0. The fourth-order valence-corrected chi connectivity index (χ4v) is 2.79. The van der Waals surface area contributed by atoms with Crippen LogP contribution in [-0.4, -0.2) is 22.8 Å². The van der Waals surface area contributed by atoms with Crippen LogP contribution in [0.5, 0.6) is 0 Å². The topological polar surface area (TPSA) is 72.2 Å². The highest BCUT2D eigenvalue weighted by molar-refractivity contribution is 6.18. The summed E-state index contributed by atoms with van der Waals surface area (Å²) in [6.07, 6.45) is 2.98. The number of nitro benzene ring substituents is 1. The molecule has 1 N–H and O–H groups in total. The SMILES string of the molecule is O=C(NC1CCCC1CCl)c1cccc([N+](=O)[O-])c1. The van der Waals surface area contributed by atoms with E-state index >= 15 is 0 Å². The lowest BCUT2D eigenvalue weighted by atomic mass is 10.1. The highest BCUT2D eigenvalue weighted by Crippen LogP contribution is 2.27. The molecule has 0 radical (unpaired) electrons. The number of benzene rings is 1. The molecule has 1 amide bonds. The second-order valence-corrected chi connectivity index (χ2v) is 5.04. The summed E-state index contributed by atoms with van der Waals surface area (Å²) in [6, 6.07) is 5.82. The predicted molar refractivity (Wildman–Crippen MR) is 72.4 cm³/mol. The summed E-state index contributed by atoms with van der Waals surface area (Å²) in [4.78, 5) is 22.2. The van der Waals surface area contributed by atoms with E-state index in [1.807, 2.05) is 0 Å². The molecule has 0 aromatic heterocycles. The van der Waals surface area contributed by atoms with Crippen LogP contribution in [0.2, 0.25) is 0 Å². The van der Waals surface area contributed by atoms with E-state index in [2.05, 4.69) is 5.32 Å². The summed E-state index contributed by atoms with van der Waals surface area (Å²) in [5.41, 5.74) is 0.238. The number of carbonyl (C=O) groups is 1. The average molecular weight is 283 g/mol. The average Bonchev–Trinajstić information content (AvgIpc) is 2.86. The van der Waals surface area contributed by atoms with Gasteiger partial charge in [0.25, 0.3) is 11.6 Å². The molecule has 19 heavy (non-hydrogen) atoms. The van der Waals surface area contributed by atoms with Gasteiger partial charge in [0.2, 0.25) is 0 Å². The molecule has 0 saturated heterocycles. The van der Waals surface area contributed by atoms with Crippen LogP contribution in [0.4, 0.5) is 5.69 Å². The predicted octanol–water partition coefficient (Wildman–Crippen LogP) is 2.73. The van der Waals surface area contributed by atoms with Gasteiger partial charge in [-0.2, -0.15) is 0 Å². The highest BCUT2D eigenvalue weighted by atomic mass is 35.5. The minimum absolute atomic E-state index is 0.0734. The first-order chi connectivity index (χ1) is 9.11. The number of non-ortho nitro benzene ring substituents is 1. The zero-order valence-corrected chi connectivity index (χ0v) is 11.1. The van der Waals surface area contributed by atoms with Crippen molar-refractivity contribution < 1.29 is 9.72 Å². The van der Waals surface area contributed by atoms with Crippen LogP contribution in [-0.2, 0) is 0 Å². The van der Waals surface area contributed by atoms with Crippen molar-refractivity contribution in [3.8, 4) is 0 Å². The van der Waals surface area contributed by atoms with E-state index in [-0.39, 0.29) is 17.6 Å². The van der Waals surface area contributed by atoms with Crippen LogP contribution in [0.25, 0.3) is 0 Å². The van der Waals surface area contributed by atoms with Gasteiger partial charge in [-0.25, -0.2) is 0 Å². The van der Waals surface area contributed by atoms with E-state index in [1.165, 1.54) is 18.2 Å². The van der Waals surface area contributed by atoms with Gasteiger partial charge in [0, 0.05) is 29.6 Å². The molecular weight excluding hydrogens is 268 g/mol. The third-order valence-corrected chi connectivity index (χ3v) is 3.89. The molecule has 0 aliphatic heterocycles. The van der Waals surface area contributed by atoms with Gasteiger partial charge in [-0.15, -0.1) is 11.6 Å². The third-order valence-electron chi connectivity index (χ3n) is 3.49. The first kappa shape index (κ1) is 13.8. The summed E-state index contributed by atoms with van der Waals surface area (Å²) in [7, 11) is 0. The second-order valence-electron chi connectivity index (χ2n) is 4.73. The van der Waals surface area contributed by atoms with Crippen LogP contribution in [0, 0.1) is 16.0 Å². The normalized spacial score (nSPS) is 22.2. The third kappa shape index (κ3) is 3.23. The van der Waals surface area contributed by atoms with Crippen LogP contribution >= 0.6 is 11.6 Å². The number of halogens is 1. The zero-order chi connectivity index (χ0) is 13.8. The van der Waals surface area contributed by atoms with E-state index in [1.54, 1.807) is 6.07 Å². The molecule has 6 heteroatoms. The minimum Gasteiger partial charge on any atom is -0.349 e. The summed E-state index contributed by atoms with van der Waals surface area (Å²) in [5.74, 6) is 0.551. The van der Waals surface area contributed by atoms with Gasteiger partial charge in [-0.1, -0.05) is 12.5 Å². The van der Waals surface area contributed by atoms with Crippen molar-refractivity contribution in [2.45, 2.75) is 25.3 Å². The molecule has 1 aliphatic rings. The molecule has 5 nitrogen and oxygen atoms in total. The molecule has 2 atom stereocenters. The summed E-state index contributed by atoms with van der Waals surface area (Å²) >= 11 is 5.86. The Hall–Kier alpha value is -1.62. The minimum atomic E-state index is -0.506. The smallest absolute Gasteiger partial charge is 0.270 e. The number of carbonyl (C=O) groups excluding carboxylic acids is 1. The van der Waals surface area contributed by atoms with Crippen molar-refractivity contribution in [2.24, 2.45) is 5.92 Å². The molecule has 1 aliphatic carbocycles. The number of hydrogen-bond acceptors (Lipinski definition) is 3. The molecule has 1 fully saturated rings. The molecule has 1 aromatic rings. The Kier molecular flexibility index (Phi) is 4.37. The van der Waals surface area contributed by atoms with Gasteiger partial charge in [-0.05, 0) is 24.8 Å². The largest absolute Gasteiger partial charge is 0.349 e. The first-order valence-electron chi connectivity index (χ1n) is 6.23. The quantitative estimate of drug-likeness (QED) is 0.524. The van der Waals surface area contributed by atoms with Crippen LogP contribution in [0.3, 0.4) is 0 Å². The van der Waals surface area contributed by atoms with Crippen LogP contribution in [0.1, 0.15) is 29.6 Å². The standard InChI is InChI=1S/C13H15ClN2O3/c14-8-10-4-2-6-12(10)15-13(17)9-3-1-5-11(7-9)16(18)19/h1,3,5,7,10,12H,2,4,6,8H2,(H,15,17). The number of amides is 1. The Bertz CT molecular complexity index is 493. The maximum Gasteiger partial charge on any atom is 0.270 e. The van der Waals surface area contributed by atoms with Gasteiger partial charge in [0.1, 0.15) is 0 Å². The van der Waals surface area contributed by atoms with Crippen LogP contribution in [0.15, 0.2) is 24.3 Å². The lowest BCUT2D eigenvalue weighted by Crippen LogP contribution is -2.37. The second kappa shape index (κ2) is 6.02. The fourth-order valence-electron chi connectivity index (χ4n) is 2.42. The molecule has 2 rings (SSSR count). The van der Waals surface area contributed by atoms with Gasteiger partial charge >= 0.3 is 0 Å². The molecule has 102 valence electrons. The Labute approximate surface area is 116 Å². The Morgan fingerprint density at radius 3 is 2.95 bits per heavy atom. The van der Waals surface area contributed by atoms with Gasteiger partial charge in [-0.3, -0.25) is 14.9 Å². The molecular formula is C13H15ClN2O3. The highest BCUT2D eigenvalue weighted by Gasteiger charge is 2.28. The van der Waals surface area contributed by atoms with Crippen LogP contribution < -0.4 is 5.32 Å². The fraction of sp³-hybridized carbons (Fsp3) is 0.462. The Morgan fingerprint density at radius 1 is 1.47 bits per heavy atom. The Morgan fingerprint density at radius 2 is 2.26 bits per heavy atom. The molecule has 1 aromatic carbocycles. The maximum atomic E-state index is 12.1. The van der Waals surface area contributed by atoms with E-state index in [0.717, 1.165) is 19.3 Å². The maximum absolute atomic E-state index is 12.1. The number of nitrogens with one attached hydrogen (secondary N) is 1. The van der Waals surface area contributed by atoms with Crippen molar-refractivity contribution in [1.82, 2.24) is 5.32 Å². The first-order valence-corrected chi connectivity index (χ1v) is 6.76. The number of hydrogen-bond donors (Lipinski definition) is 1. The molecule has 1 saturated carbocycles. The van der Waals surface area contributed by atoms with Crippen molar-refractivity contribution in [1.29, 1.82) is 0 Å². The summed E-state index contributed by atoms with van der Waals surface area (Å²) in [5, 5.41) is 13.6. The van der Waals surface area contributed by atoms with Crippen molar-refractivity contribution in [2.75, 3.05) is 5.88 Å². The molecule has 2 unspecified atom stereocenters. The number of nitro groups is 1. The number of rotatable bonds is 4. The van der Waals surface area contributed by atoms with Crippen molar-refractivity contribution >= 4 is 23.2 Å². The lowest BCUT2D eigenvalue weighted by Gasteiger charge is -2.18. The van der Waals surface area contributed by atoms with Gasteiger partial charge in [0.05, 0.1) is 4.92 Å². The molecule has 0 heterocycles. The van der Waals surface area contributed by atoms with E-state index in [0.29, 0.717) is 17.4 Å².